The van der Waals surface area contributed by atoms with E-state index in [1.54, 1.807) is 12.3 Å². The fourth-order valence-corrected chi connectivity index (χ4v) is 1.49. The second kappa shape index (κ2) is 5.48. The van der Waals surface area contributed by atoms with Crippen molar-refractivity contribution >= 4 is 33.6 Å². The first-order chi connectivity index (χ1) is 8.22. The van der Waals surface area contributed by atoms with Crippen molar-refractivity contribution in [2.24, 2.45) is 5.41 Å². The van der Waals surface area contributed by atoms with Gasteiger partial charge in [0.2, 0.25) is 5.91 Å². The van der Waals surface area contributed by atoms with Gasteiger partial charge in [0, 0.05) is 17.1 Å². The summed E-state index contributed by atoms with van der Waals surface area (Å²) in [5.41, 5.74) is -0.146. The highest BCUT2D eigenvalue weighted by atomic mass is 79.9. The van der Waals surface area contributed by atoms with Crippen LogP contribution in [-0.2, 0) is 9.59 Å². The van der Waals surface area contributed by atoms with Crippen LogP contribution in [0.2, 0.25) is 0 Å². The molecular weight excluding hydrogens is 300 g/mol. The number of hydrogen-bond donors (Lipinski definition) is 2. The van der Waals surface area contributed by atoms with E-state index in [0.717, 1.165) is 10.0 Å². The molecule has 0 aliphatic rings. The molecule has 18 heavy (non-hydrogen) atoms. The van der Waals surface area contributed by atoms with Crippen LogP contribution >= 0.6 is 15.9 Å². The summed E-state index contributed by atoms with van der Waals surface area (Å²) in [6, 6.07) is 1.72. The number of rotatable bonds is 4. The molecule has 0 aliphatic heterocycles. The van der Waals surface area contributed by atoms with Crippen LogP contribution in [0.4, 0.5) is 5.82 Å². The number of aliphatic carboxylic acids is 1. The van der Waals surface area contributed by atoms with Gasteiger partial charge in [-0.05, 0) is 48.3 Å². The first kappa shape index (κ1) is 14.6. The number of pyridine rings is 1. The monoisotopic (exact) mass is 314 g/mol. The van der Waals surface area contributed by atoms with Crippen molar-refractivity contribution in [1.29, 1.82) is 0 Å². The molecule has 0 saturated heterocycles. The highest BCUT2D eigenvalue weighted by Crippen LogP contribution is 2.22. The van der Waals surface area contributed by atoms with Gasteiger partial charge in [-0.15, -0.1) is 0 Å². The second-order valence-electron chi connectivity index (χ2n) is 4.73. The molecule has 0 unspecified atom stereocenters. The molecule has 0 radical (unpaired) electrons. The van der Waals surface area contributed by atoms with Gasteiger partial charge in [-0.1, -0.05) is 0 Å². The summed E-state index contributed by atoms with van der Waals surface area (Å²) in [4.78, 5) is 26.6. The number of nitrogens with one attached hydrogen (secondary N) is 1. The second-order valence-corrected chi connectivity index (χ2v) is 5.59. The maximum absolute atomic E-state index is 11.7. The van der Waals surface area contributed by atoms with E-state index >= 15 is 0 Å². The standard InChI is InChI=1S/C12H15BrN2O3/c1-7-4-9(14-6-8(7)13)15-10(16)5-12(2,3)11(17)18/h4,6H,5H2,1-3H3,(H,17,18)(H,14,15,16). The maximum atomic E-state index is 11.7. The number of aromatic nitrogens is 1. The Bertz CT molecular complexity index is 486. The average Bonchev–Trinajstić information content (AvgIpc) is 2.22. The summed E-state index contributed by atoms with van der Waals surface area (Å²) in [5.74, 6) is -0.948. The van der Waals surface area contributed by atoms with E-state index in [4.69, 9.17) is 5.11 Å². The van der Waals surface area contributed by atoms with Crippen LogP contribution in [0.1, 0.15) is 25.8 Å². The number of amides is 1. The van der Waals surface area contributed by atoms with E-state index < -0.39 is 11.4 Å². The van der Waals surface area contributed by atoms with Crippen LogP contribution in [0.3, 0.4) is 0 Å². The van der Waals surface area contributed by atoms with Gasteiger partial charge in [0.25, 0.3) is 0 Å². The van der Waals surface area contributed by atoms with E-state index in [1.165, 1.54) is 13.8 Å². The summed E-state index contributed by atoms with van der Waals surface area (Å²) in [6.07, 6.45) is 1.49. The lowest BCUT2D eigenvalue weighted by Gasteiger charge is -2.18. The van der Waals surface area contributed by atoms with Crippen LogP contribution in [-0.4, -0.2) is 22.0 Å². The fourth-order valence-electron chi connectivity index (χ4n) is 1.27. The number of carbonyl (C=O) groups excluding carboxylic acids is 1. The lowest BCUT2D eigenvalue weighted by molar-refractivity contribution is -0.148. The molecule has 0 atom stereocenters. The molecule has 1 aromatic rings. The Labute approximate surface area is 114 Å². The van der Waals surface area contributed by atoms with Crippen LogP contribution in [0.5, 0.6) is 0 Å². The summed E-state index contributed by atoms with van der Waals surface area (Å²) >= 11 is 3.31. The molecule has 0 saturated carbocycles. The number of carboxylic acid groups (broad SMARTS) is 1. The van der Waals surface area contributed by atoms with E-state index in [0.29, 0.717) is 5.82 Å². The van der Waals surface area contributed by atoms with Crippen molar-refractivity contribution in [3.05, 3.63) is 22.3 Å². The first-order valence-electron chi connectivity index (χ1n) is 5.38. The zero-order valence-corrected chi connectivity index (χ0v) is 12.0. The Kier molecular flexibility index (Phi) is 4.45. The van der Waals surface area contributed by atoms with Crippen LogP contribution in [0, 0.1) is 12.3 Å². The molecule has 1 heterocycles. The Morgan fingerprint density at radius 3 is 2.61 bits per heavy atom. The summed E-state index contributed by atoms with van der Waals surface area (Å²) in [7, 11) is 0. The van der Waals surface area contributed by atoms with Crippen molar-refractivity contribution in [3.63, 3.8) is 0 Å². The SMILES string of the molecule is Cc1cc(NC(=O)CC(C)(C)C(=O)O)ncc1Br. The molecular formula is C12H15BrN2O3. The highest BCUT2D eigenvalue weighted by molar-refractivity contribution is 9.10. The number of hydrogen-bond acceptors (Lipinski definition) is 3. The third-order valence-electron chi connectivity index (χ3n) is 2.50. The minimum Gasteiger partial charge on any atom is -0.481 e. The van der Waals surface area contributed by atoms with Gasteiger partial charge in [-0.25, -0.2) is 4.98 Å². The average molecular weight is 315 g/mol. The molecule has 5 nitrogen and oxygen atoms in total. The van der Waals surface area contributed by atoms with Gasteiger partial charge in [-0.3, -0.25) is 9.59 Å². The number of carbonyl (C=O) groups is 2. The molecule has 1 amide bonds. The number of nitrogens with zero attached hydrogens (tertiary/aromatic N) is 1. The Morgan fingerprint density at radius 2 is 2.11 bits per heavy atom. The largest absolute Gasteiger partial charge is 0.481 e. The molecule has 0 bridgehead atoms. The first-order valence-corrected chi connectivity index (χ1v) is 6.17. The zero-order chi connectivity index (χ0) is 13.9. The Balaban J connectivity index is 2.71. The van der Waals surface area contributed by atoms with E-state index in [-0.39, 0.29) is 12.3 Å². The number of halogens is 1. The molecule has 98 valence electrons. The van der Waals surface area contributed by atoms with Crippen LogP contribution < -0.4 is 5.32 Å². The molecule has 0 aliphatic carbocycles. The van der Waals surface area contributed by atoms with Crippen molar-refractivity contribution in [2.45, 2.75) is 27.2 Å². The van der Waals surface area contributed by atoms with Crippen molar-refractivity contribution < 1.29 is 14.7 Å². The summed E-state index contributed by atoms with van der Waals surface area (Å²) in [5, 5.41) is 11.5. The van der Waals surface area contributed by atoms with Crippen molar-refractivity contribution in [2.75, 3.05) is 5.32 Å². The van der Waals surface area contributed by atoms with Gasteiger partial charge in [0.05, 0.1) is 5.41 Å². The zero-order valence-electron chi connectivity index (χ0n) is 10.5. The summed E-state index contributed by atoms with van der Waals surface area (Å²) < 4.78 is 0.853. The predicted molar refractivity (Wildman–Crippen MR) is 71.3 cm³/mol. The van der Waals surface area contributed by atoms with Crippen LogP contribution in [0.25, 0.3) is 0 Å². The van der Waals surface area contributed by atoms with E-state index in [9.17, 15) is 9.59 Å². The van der Waals surface area contributed by atoms with E-state index in [1.807, 2.05) is 6.92 Å². The molecule has 6 heteroatoms. The Morgan fingerprint density at radius 1 is 1.50 bits per heavy atom. The van der Waals surface area contributed by atoms with Crippen molar-refractivity contribution in [1.82, 2.24) is 4.98 Å². The van der Waals surface area contributed by atoms with Crippen LogP contribution in [0.15, 0.2) is 16.7 Å². The van der Waals surface area contributed by atoms with Crippen molar-refractivity contribution in [3.8, 4) is 0 Å². The Hall–Kier alpha value is -1.43. The van der Waals surface area contributed by atoms with Gasteiger partial charge < -0.3 is 10.4 Å². The minimum atomic E-state index is -1.09. The maximum Gasteiger partial charge on any atom is 0.309 e. The molecule has 1 rings (SSSR count). The smallest absolute Gasteiger partial charge is 0.309 e. The predicted octanol–water partition coefficient (Wildman–Crippen LogP) is 2.59. The molecule has 0 spiro atoms. The lowest BCUT2D eigenvalue weighted by Crippen LogP contribution is -2.29. The van der Waals surface area contributed by atoms with Gasteiger partial charge in [-0.2, -0.15) is 0 Å². The molecule has 0 aromatic carbocycles. The van der Waals surface area contributed by atoms with E-state index in [2.05, 4.69) is 26.2 Å². The number of carboxylic acids is 1. The normalized spacial score (nSPS) is 11.1. The quantitative estimate of drug-likeness (QED) is 0.895. The highest BCUT2D eigenvalue weighted by Gasteiger charge is 2.30. The number of anilines is 1. The van der Waals surface area contributed by atoms with Gasteiger partial charge in [0.1, 0.15) is 5.82 Å². The fraction of sp³-hybridized carbons (Fsp3) is 0.417. The third-order valence-corrected chi connectivity index (χ3v) is 3.33. The molecule has 2 N–H and O–H groups in total. The lowest BCUT2D eigenvalue weighted by atomic mass is 9.89. The summed E-state index contributed by atoms with van der Waals surface area (Å²) in [6.45, 7) is 4.90. The van der Waals surface area contributed by atoms with Gasteiger partial charge in [0.15, 0.2) is 0 Å². The topological polar surface area (TPSA) is 79.3 Å². The minimum absolute atomic E-state index is 0.0981. The molecule has 1 aromatic heterocycles. The third kappa shape index (κ3) is 3.80. The molecule has 0 fully saturated rings. The number of aryl methyl sites for hydroxylation is 1. The van der Waals surface area contributed by atoms with Gasteiger partial charge >= 0.3 is 5.97 Å².